The first kappa shape index (κ1) is 5.22. The molecule has 10 heavy (non-hydrogen) atoms. The summed E-state index contributed by atoms with van der Waals surface area (Å²) in [4.78, 5) is 4.02. The minimum absolute atomic E-state index is 0.612. The van der Waals surface area contributed by atoms with E-state index in [1.807, 2.05) is 0 Å². The molecule has 4 heteroatoms. The van der Waals surface area contributed by atoms with Crippen LogP contribution >= 0.6 is 0 Å². The molecule has 2 N–H and O–H groups in total. The maximum Gasteiger partial charge on any atom is 0.178 e. The lowest BCUT2D eigenvalue weighted by Gasteiger charge is -1.88. The Labute approximate surface area is 57.3 Å². The van der Waals surface area contributed by atoms with E-state index in [1.54, 1.807) is 29.2 Å². The lowest BCUT2D eigenvalue weighted by Crippen LogP contribution is -1.89. The van der Waals surface area contributed by atoms with Gasteiger partial charge in [-0.05, 0) is 6.07 Å². The molecule has 2 heterocycles. The fourth-order valence-electron chi connectivity index (χ4n) is 0.846. The van der Waals surface area contributed by atoms with E-state index < -0.39 is 0 Å². The number of rotatable bonds is 0. The Hall–Kier alpha value is -1.58. The van der Waals surface area contributed by atoms with Crippen LogP contribution in [0.4, 0.5) is 5.69 Å². The first-order valence-electron chi connectivity index (χ1n) is 2.92. The smallest absolute Gasteiger partial charge is 0.178 e. The van der Waals surface area contributed by atoms with Crippen molar-refractivity contribution >= 4 is 11.3 Å². The molecule has 0 aliphatic rings. The van der Waals surface area contributed by atoms with Crippen molar-refractivity contribution < 1.29 is 0 Å². The summed E-state index contributed by atoms with van der Waals surface area (Å²) >= 11 is 0. The maximum absolute atomic E-state index is 5.53. The fraction of sp³-hybridized carbons (Fsp3) is 0. The standard InChI is InChI=1S/C6H6N4/c7-5-4-9-10-3-1-2-8-6(5)10/h1-4H,7H2. The minimum atomic E-state index is 0.612. The van der Waals surface area contributed by atoms with Crippen molar-refractivity contribution in [3.63, 3.8) is 0 Å². The number of fused-ring (bicyclic) bond motifs is 1. The molecule has 2 aromatic rings. The highest BCUT2D eigenvalue weighted by atomic mass is 15.2. The topological polar surface area (TPSA) is 56.2 Å². The normalized spacial score (nSPS) is 10.4. The summed E-state index contributed by atoms with van der Waals surface area (Å²) < 4.78 is 1.63. The molecule has 2 rings (SSSR count). The van der Waals surface area contributed by atoms with Gasteiger partial charge in [-0.3, -0.25) is 0 Å². The van der Waals surface area contributed by atoms with E-state index in [2.05, 4.69) is 10.1 Å². The van der Waals surface area contributed by atoms with E-state index in [-0.39, 0.29) is 0 Å². The largest absolute Gasteiger partial charge is 0.394 e. The summed E-state index contributed by atoms with van der Waals surface area (Å²) in [5.74, 6) is 0. The summed E-state index contributed by atoms with van der Waals surface area (Å²) in [6.45, 7) is 0. The van der Waals surface area contributed by atoms with Gasteiger partial charge in [0, 0.05) is 12.4 Å². The average molecular weight is 134 g/mol. The highest BCUT2D eigenvalue weighted by Crippen LogP contribution is 2.06. The van der Waals surface area contributed by atoms with E-state index >= 15 is 0 Å². The van der Waals surface area contributed by atoms with Gasteiger partial charge >= 0.3 is 0 Å². The predicted molar refractivity (Wildman–Crippen MR) is 37.4 cm³/mol. The van der Waals surface area contributed by atoms with Crippen molar-refractivity contribution in [2.75, 3.05) is 5.73 Å². The van der Waals surface area contributed by atoms with E-state index in [1.165, 1.54) is 0 Å². The number of nitrogens with two attached hydrogens (primary N) is 1. The van der Waals surface area contributed by atoms with Crippen LogP contribution in [0.25, 0.3) is 5.65 Å². The molecule has 2 aromatic heterocycles. The second-order valence-corrected chi connectivity index (χ2v) is 1.99. The zero-order chi connectivity index (χ0) is 6.97. The van der Waals surface area contributed by atoms with Crippen molar-refractivity contribution in [1.82, 2.24) is 14.6 Å². The van der Waals surface area contributed by atoms with Gasteiger partial charge in [-0.25, -0.2) is 9.50 Å². The Morgan fingerprint density at radius 2 is 2.40 bits per heavy atom. The van der Waals surface area contributed by atoms with Crippen LogP contribution in [0.3, 0.4) is 0 Å². The zero-order valence-corrected chi connectivity index (χ0v) is 5.23. The Morgan fingerprint density at radius 3 is 3.20 bits per heavy atom. The summed E-state index contributed by atoms with van der Waals surface area (Å²) in [5.41, 5.74) is 6.85. The van der Waals surface area contributed by atoms with Gasteiger partial charge in [0.25, 0.3) is 0 Å². The summed E-state index contributed by atoms with van der Waals surface area (Å²) in [6, 6.07) is 1.80. The second kappa shape index (κ2) is 1.70. The number of hydrogen-bond acceptors (Lipinski definition) is 3. The monoisotopic (exact) mass is 134 g/mol. The Bertz CT molecular complexity index is 351. The van der Waals surface area contributed by atoms with Crippen LogP contribution in [-0.4, -0.2) is 14.6 Å². The highest BCUT2D eigenvalue weighted by Gasteiger charge is 1.96. The number of hydrogen-bond donors (Lipinski definition) is 1. The molecule has 0 aliphatic heterocycles. The molecule has 0 aliphatic carbocycles. The molecular formula is C6H6N4. The molecule has 0 spiro atoms. The third-order valence-electron chi connectivity index (χ3n) is 1.31. The van der Waals surface area contributed by atoms with Crippen LogP contribution in [0.15, 0.2) is 24.7 Å². The summed E-state index contributed by atoms with van der Waals surface area (Å²) in [5, 5.41) is 3.95. The number of anilines is 1. The molecule has 0 unspecified atom stereocenters. The van der Waals surface area contributed by atoms with Gasteiger partial charge in [-0.15, -0.1) is 0 Å². The van der Waals surface area contributed by atoms with Gasteiger partial charge in [-0.2, -0.15) is 5.10 Å². The van der Waals surface area contributed by atoms with Gasteiger partial charge in [0.05, 0.1) is 11.9 Å². The van der Waals surface area contributed by atoms with Gasteiger partial charge in [0.15, 0.2) is 5.65 Å². The minimum Gasteiger partial charge on any atom is -0.394 e. The van der Waals surface area contributed by atoms with E-state index in [0.29, 0.717) is 11.3 Å². The molecule has 0 aromatic carbocycles. The van der Waals surface area contributed by atoms with Crippen LogP contribution in [0.5, 0.6) is 0 Å². The second-order valence-electron chi connectivity index (χ2n) is 1.99. The fourth-order valence-corrected chi connectivity index (χ4v) is 0.846. The van der Waals surface area contributed by atoms with Crippen LogP contribution < -0.4 is 5.73 Å². The van der Waals surface area contributed by atoms with Gasteiger partial charge in [0.2, 0.25) is 0 Å². The highest BCUT2D eigenvalue weighted by molar-refractivity contribution is 5.62. The molecule has 0 saturated carbocycles. The lowest BCUT2D eigenvalue weighted by molar-refractivity contribution is 0.939. The third-order valence-corrected chi connectivity index (χ3v) is 1.31. The summed E-state index contributed by atoms with van der Waals surface area (Å²) in [6.07, 6.45) is 5.08. The van der Waals surface area contributed by atoms with Gasteiger partial charge in [0.1, 0.15) is 0 Å². The molecular weight excluding hydrogens is 128 g/mol. The summed E-state index contributed by atoms with van der Waals surface area (Å²) in [7, 11) is 0. The van der Waals surface area contributed by atoms with Crippen LogP contribution in [0, 0.1) is 0 Å². The first-order valence-corrected chi connectivity index (χ1v) is 2.92. The van der Waals surface area contributed by atoms with Gasteiger partial charge in [-0.1, -0.05) is 0 Å². The lowest BCUT2D eigenvalue weighted by atomic mass is 10.5. The average Bonchev–Trinajstić information content (AvgIpc) is 2.34. The predicted octanol–water partition coefficient (Wildman–Crippen LogP) is 0.312. The van der Waals surface area contributed by atoms with E-state index in [9.17, 15) is 0 Å². The van der Waals surface area contributed by atoms with E-state index in [0.717, 1.165) is 0 Å². The molecule has 0 saturated heterocycles. The number of nitrogen functional groups attached to an aromatic ring is 1. The van der Waals surface area contributed by atoms with Gasteiger partial charge < -0.3 is 5.73 Å². The quantitative estimate of drug-likeness (QED) is 0.564. The van der Waals surface area contributed by atoms with Crippen molar-refractivity contribution in [2.45, 2.75) is 0 Å². The molecule has 0 bridgehead atoms. The Kier molecular flexibility index (Phi) is 0.887. The molecule has 50 valence electrons. The first-order chi connectivity index (χ1) is 4.88. The SMILES string of the molecule is Nc1cnn2cccnc12. The number of nitrogens with zero attached hydrogens (tertiary/aromatic N) is 3. The van der Waals surface area contributed by atoms with Crippen LogP contribution in [0.2, 0.25) is 0 Å². The van der Waals surface area contributed by atoms with E-state index in [4.69, 9.17) is 5.73 Å². The molecule has 0 atom stereocenters. The third kappa shape index (κ3) is 0.556. The molecule has 4 nitrogen and oxygen atoms in total. The maximum atomic E-state index is 5.53. The Morgan fingerprint density at radius 1 is 1.50 bits per heavy atom. The van der Waals surface area contributed by atoms with Crippen molar-refractivity contribution in [2.24, 2.45) is 0 Å². The van der Waals surface area contributed by atoms with Crippen molar-refractivity contribution in [3.8, 4) is 0 Å². The zero-order valence-electron chi connectivity index (χ0n) is 5.23. The van der Waals surface area contributed by atoms with Crippen LogP contribution in [0.1, 0.15) is 0 Å². The van der Waals surface area contributed by atoms with Crippen molar-refractivity contribution in [1.29, 1.82) is 0 Å². The Balaban J connectivity index is 2.93. The molecule has 0 fully saturated rings. The number of aromatic nitrogens is 3. The molecule has 0 amide bonds. The molecule has 0 radical (unpaired) electrons. The van der Waals surface area contributed by atoms with Crippen molar-refractivity contribution in [3.05, 3.63) is 24.7 Å². The van der Waals surface area contributed by atoms with Crippen LogP contribution in [-0.2, 0) is 0 Å².